The molecule has 0 spiro atoms. The van der Waals surface area contributed by atoms with Crippen molar-refractivity contribution in [1.29, 1.82) is 0 Å². The third-order valence-corrected chi connectivity index (χ3v) is 5.61. The monoisotopic (exact) mass is 286 g/mol. The van der Waals surface area contributed by atoms with E-state index in [1.807, 2.05) is 0 Å². The zero-order valence-corrected chi connectivity index (χ0v) is 13.9. The molecule has 2 aliphatic heterocycles. The van der Waals surface area contributed by atoms with E-state index in [1.54, 1.807) is 0 Å². The van der Waals surface area contributed by atoms with Gasteiger partial charge in [0, 0.05) is 31.2 Å². The Balaban J connectivity index is 1.76. The molecule has 2 heterocycles. The smallest absolute Gasteiger partial charge is 0.0324 e. The number of piperidine rings is 1. The van der Waals surface area contributed by atoms with Crippen molar-refractivity contribution in [2.75, 3.05) is 19.6 Å². The quantitative estimate of drug-likeness (QED) is 0.828. The van der Waals surface area contributed by atoms with E-state index in [9.17, 15) is 0 Å². The molecule has 1 aromatic carbocycles. The second-order valence-corrected chi connectivity index (χ2v) is 6.99. The second kappa shape index (κ2) is 6.50. The van der Waals surface area contributed by atoms with Crippen molar-refractivity contribution >= 4 is 0 Å². The molecule has 3 rings (SSSR count). The Labute approximate surface area is 130 Å². The maximum absolute atomic E-state index is 2.77. The summed E-state index contributed by atoms with van der Waals surface area (Å²) in [5.74, 6) is 0. The van der Waals surface area contributed by atoms with Gasteiger partial charge in [-0.15, -0.1) is 0 Å². The molecular weight excluding hydrogens is 256 g/mol. The van der Waals surface area contributed by atoms with Gasteiger partial charge in [0.05, 0.1) is 0 Å². The first-order valence-corrected chi connectivity index (χ1v) is 8.75. The molecule has 0 N–H and O–H groups in total. The van der Waals surface area contributed by atoms with Gasteiger partial charge in [0.2, 0.25) is 0 Å². The molecule has 0 saturated carbocycles. The Bertz CT molecular complexity index is 453. The van der Waals surface area contributed by atoms with Crippen molar-refractivity contribution in [3.05, 3.63) is 35.4 Å². The van der Waals surface area contributed by atoms with E-state index in [0.717, 1.165) is 12.1 Å². The van der Waals surface area contributed by atoms with E-state index < -0.39 is 0 Å². The molecule has 2 heteroatoms. The topological polar surface area (TPSA) is 6.48 Å². The van der Waals surface area contributed by atoms with Crippen molar-refractivity contribution in [2.45, 2.75) is 64.6 Å². The summed E-state index contributed by atoms with van der Waals surface area (Å²) in [7, 11) is 0. The van der Waals surface area contributed by atoms with Crippen LogP contribution < -0.4 is 0 Å². The van der Waals surface area contributed by atoms with Crippen molar-refractivity contribution in [3.63, 3.8) is 0 Å². The standard InChI is InChI=1S/C19H30N2/c1-4-18-13-20-12-6-5-7-19(20)14-21(18)16(3)17-10-8-15(2)9-11-17/h8-11,16,18-19H,4-7,12-14H2,1-3H3. The lowest BCUT2D eigenvalue weighted by atomic mass is 9.93. The number of hydrogen-bond donors (Lipinski definition) is 0. The molecular formula is C19H30N2. The first-order valence-electron chi connectivity index (χ1n) is 8.75. The third kappa shape index (κ3) is 3.17. The SMILES string of the molecule is CCC1CN2CCCCC2CN1C(C)c1ccc(C)cc1. The van der Waals surface area contributed by atoms with Crippen LogP contribution in [0.5, 0.6) is 0 Å². The average molecular weight is 286 g/mol. The molecule has 2 aliphatic rings. The van der Waals surface area contributed by atoms with Gasteiger partial charge >= 0.3 is 0 Å². The number of nitrogens with zero attached hydrogens (tertiary/aromatic N) is 2. The van der Waals surface area contributed by atoms with Gasteiger partial charge in [0.25, 0.3) is 0 Å². The molecule has 0 radical (unpaired) electrons. The highest BCUT2D eigenvalue weighted by Crippen LogP contribution is 2.31. The summed E-state index contributed by atoms with van der Waals surface area (Å²) < 4.78 is 0. The predicted octanol–water partition coefficient (Wildman–Crippen LogP) is 4.00. The fourth-order valence-electron chi connectivity index (χ4n) is 4.15. The fourth-order valence-corrected chi connectivity index (χ4v) is 4.15. The molecule has 2 nitrogen and oxygen atoms in total. The zero-order valence-electron chi connectivity index (χ0n) is 13.9. The summed E-state index contributed by atoms with van der Waals surface area (Å²) >= 11 is 0. The number of rotatable bonds is 3. The minimum atomic E-state index is 0.541. The van der Waals surface area contributed by atoms with Gasteiger partial charge in [0.15, 0.2) is 0 Å². The predicted molar refractivity (Wildman–Crippen MR) is 89.6 cm³/mol. The van der Waals surface area contributed by atoms with E-state index in [4.69, 9.17) is 0 Å². The Morgan fingerprint density at radius 2 is 1.90 bits per heavy atom. The van der Waals surface area contributed by atoms with E-state index in [1.165, 1.54) is 56.4 Å². The van der Waals surface area contributed by atoms with Gasteiger partial charge in [0.1, 0.15) is 0 Å². The lowest BCUT2D eigenvalue weighted by Crippen LogP contribution is -2.59. The molecule has 2 saturated heterocycles. The summed E-state index contributed by atoms with van der Waals surface area (Å²) in [6.45, 7) is 10.8. The minimum Gasteiger partial charge on any atom is -0.298 e. The summed E-state index contributed by atoms with van der Waals surface area (Å²) in [6, 6.07) is 11.2. The Hall–Kier alpha value is -0.860. The van der Waals surface area contributed by atoms with Crippen LogP contribution in [0.2, 0.25) is 0 Å². The molecule has 116 valence electrons. The molecule has 0 aromatic heterocycles. The van der Waals surface area contributed by atoms with Crippen LogP contribution in [0.4, 0.5) is 0 Å². The lowest BCUT2D eigenvalue weighted by molar-refractivity contribution is -0.0123. The second-order valence-electron chi connectivity index (χ2n) is 6.99. The van der Waals surface area contributed by atoms with Gasteiger partial charge in [-0.05, 0) is 45.2 Å². The van der Waals surface area contributed by atoms with Gasteiger partial charge in [-0.2, -0.15) is 0 Å². The van der Waals surface area contributed by atoms with E-state index in [2.05, 4.69) is 54.8 Å². The van der Waals surface area contributed by atoms with Gasteiger partial charge in [-0.1, -0.05) is 43.2 Å². The Kier molecular flexibility index (Phi) is 4.66. The maximum atomic E-state index is 2.77. The Morgan fingerprint density at radius 1 is 1.14 bits per heavy atom. The van der Waals surface area contributed by atoms with Crippen molar-refractivity contribution in [1.82, 2.24) is 9.80 Å². The highest BCUT2D eigenvalue weighted by molar-refractivity contribution is 5.24. The van der Waals surface area contributed by atoms with Crippen molar-refractivity contribution in [2.24, 2.45) is 0 Å². The normalized spacial score (nSPS) is 29.1. The van der Waals surface area contributed by atoms with Crippen LogP contribution in [0.15, 0.2) is 24.3 Å². The highest BCUT2D eigenvalue weighted by atomic mass is 15.3. The zero-order chi connectivity index (χ0) is 14.8. The third-order valence-electron chi connectivity index (χ3n) is 5.61. The molecule has 0 bridgehead atoms. The average Bonchev–Trinajstić information content (AvgIpc) is 2.53. The highest BCUT2D eigenvalue weighted by Gasteiger charge is 2.36. The number of hydrogen-bond acceptors (Lipinski definition) is 2. The van der Waals surface area contributed by atoms with Gasteiger partial charge in [-0.25, -0.2) is 0 Å². The van der Waals surface area contributed by atoms with E-state index >= 15 is 0 Å². The molecule has 21 heavy (non-hydrogen) atoms. The number of fused-ring (bicyclic) bond motifs is 1. The van der Waals surface area contributed by atoms with Gasteiger partial charge < -0.3 is 0 Å². The van der Waals surface area contributed by atoms with Crippen LogP contribution in [0.1, 0.15) is 56.7 Å². The number of piperazine rings is 1. The molecule has 3 unspecified atom stereocenters. The number of aryl methyl sites for hydroxylation is 1. The molecule has 0 aliphatic carbocycles. The lowest BCUT2D eigenvalue weighted by Gasteiger charge is -2.50. The molecule has 1 aromatic rings. The first-order chi connectivity index (χ1) is 10.2. The van der Waals surface area contributed by atoms with Crippen molar-refractivity contribution < 1.29 is 0 Å². The fraction of sp³-hybridized carbons (Fsp3) is 0.684. The summed E-state index contributed by atoms with van der Waals surface area (Å²) in [5, 5.41) is 0. The summed E-state index contributed by atoms with van der Waals surface area (Å²) in [5.41, 5.74) is 2.83. The van der Waals surface area contributed by atoms with Crippen LogP contribution in [-0.4, -0.2) is 41.5 Å². The van der Waals surface area contributed by atoms with Crippen LogP contribution in [0, 0.1) is 6.92 Å². The Morgan fingerprint density at radius 3 is 2.62 bits per heavy atom. The summed E-state index contributed by atoms with van der Waals surface area (Å²) in [4.78, 5) is 5.53. The van der Waals surface area contributed by atoms with Crippen LogP contribution in [-0.2, 0) is 0 Å². The molecule has 0 amide bonds. The summed E-state index contributed by atoms with van der Waals surface area (Å²) in [6.07, 6.45) is 5.48. The minimum absolute atomic E-state index is 0.541. The van der Waals surface area contributed by atoms with Crippen molar-refractivity contribution in [3.8, 4) is 0 Å². The first kappa shape index (κ1) is 15.1. The van der Waals surface area contributed by atoms with E-state index in [-0.39, 0.29) is 0 Å². The molecule has 2 fully saturated rings. The largest absolute Gasteiger partial charge is 0.298 e. The van der Waals surface area contributed by atoms with E-state index in [0.29, 0.717) is 6.04 Å². The number of benzene rings is 1. The van der Waals surface area contributed by atoms with Gasteiger partial charge in [-0.3, -0.25) is 9.80 Å². The molecule has 3 atom stereocenters. The van der Waals surface area contributed by atoms with Crippen LogP contribution >= 0.6 is 0 Å². The van der Waals surface area contributed by atoms with Crippen LogP contribution in [0.3, 0.4) is 0 Å². The van der Waals surface area contributed by atoms with Crippen LogP contribution in [0.25, 0.3) is 0 Å². The maximum Gasteiger partial charge on any atom is 0.0324 e.